The van der Waals surface area contributed by atoms with Gasteiger partial charge in [-0.3, -0.25) is 9.48 Å². The number of carbonyl (C=O) groups is 1. The predicted molar refractivity (Wildman–Crippen MR) is 124 cm³/mol. The fourth-order valence-corrected chi connectivity index (χ4v) is 4.39. The van der Waals surface area contributed by atoms with Crippen LogP contribution in [0.15, 0.2) is 48.9 Å². The maximum atomic E-state index is 13.8. The highest BCUT2D eigenvalue weighted by atomic mass is 16.2. The number of anilines is 1. The van der Waals surface area contributed by atoms with Gasteiger partial charge in [-0.15, -0.1) is 0 Å². The van der Waals surface area contributed by atoms with Crippen LogP contribution in [-0.4, -0.2) is 44.7 Å². The van der Waals surface area contributed by atoms with E-state index >= 15 is 0 Å². The van der Waals surface area contributed by atoms with Crippen LogP contribution >= 0.6 is 0 Å². The lowest BCUT2D eigenvalue weighted by Crippen LogP contribution is -2.51. The number of benzene rings is 1. The quantitative estimate of drug-likeness (QED) is 0.663. The highest BCUT2D eigenvalue weighted by molar-refractivity contribution is 6.01. The van der Waals surface area contributed by atoms with Crippen LogP contribution in [0.4, 0.5) is 5.82 Å². The lowest BCUT2D eigenvalue weighted by molar-refractivity contribution is 0.0540. The Kier molecular flexibility index (Phi) is 6.22. The van der Waals surface area contributed by atoms with Crippen molar-refractivity contribution >= 4 is 11.7 Å². The largest absolute Gasteiger partial charge is 0.368 e. The molecule has 2 unspecified atom stereocenters. The minimum atomic E-state index is 0.0518. The van der Waals surface area contributed by atoms with Crippen molar-refractivity contribution in [2.75, 3.05) is 18.4 Å². The average Bonchev–Trinajstić information content (AvgIpc) is 3.24. The third kappa shape index (κ3) is 4.50. The van der Waals surface area contributed by atoms with E-state index in [9.17, 15) is 4.79 Å². The number of nitrogens with zero attached hydrogens (tertiary/aromatic N) is 5. The summed E-state index contributed by atoms with van der Waals surface area (Å²) in [6, 6.07) is 11.7. The lowest BCUT2D eigenvalue weighted by Gasteiger charge is -2.40. The number of piperidine rings is 1. The van der Waals surface area contributed by atoms with Crippen molar-refractivity contribution in [1.82, 2.24) is 19.7 Å². The Bertz CT molecular complexity index is 1140. The molecule has 1 amide bonds. The van der Waals surface area contributed by atoms with Crippen molar-refractivity contribution in [2.24, 2.45) is 13.0 Å². The van der Waals surface area contributed by atoms with Gasteiger partial charge in [-0.05, 0) is 49.4 Å². The molecular formula is C25H28N6O. The van der Waals surface area contributed by atoms with Gasteiger partial charge in [0.2, 0.25) is 0 Å². The molecule has 2 aromatic heterocycles. The molecule has 1 aliphatic heterocycles. The van der Waals surface area contributed by atoms with Crippen LogP contribution in [0.3, 0.4) is 0 Å². The van der Waals surface area contributed by atoms with Gasteiger partial charge in [0, 0.05) is 43.7 Å². The van der Waals surface area contributed by atoms with Crippen molar-refractivity contribution in [3.8, 4) is 17.2 Å². The summed E-state index contributed by atoms with van der Waals surface area (Å²) in [5.41, 5.74) is 4.15. The molecule has 164 valence electrons. The van der Waals surface area contributed by atoms with Gasteiger partial charge >= 0.3 is 0 Å². The van der Waals surface area contributed by atoms with E-state index in [4.69, 9.17) is 5.26 Å². The second-order valence-electron chi connectivity index (χ2n) is 8.56. The van der Waals surface area contributed by atoms with Crippen LogP contribution in [0.5, 0.6) is 0 Å². The van der Waals surface area contributed by atoms with Crippen LogP contribution in [-0.2, 0) is 7.05 Å². The second kappa shape index (κ2) is 9.23. The molecule has 3 aromatic rings. The van der Waals surface area contributed by atoms with Crippen LogP contribution < -0.4 is 5.32 Å². The molecule has 1 fully saturated rings. The molecule has 0 aliphatic carbocycles. The standard InChI is InChI=1S/C25H28N6O/c1-17-6-8-21(20-14-29-30(3)16-20)22(11-17)25(32)31-10-4-5-18(2)23(31)15-28-24-9-7-19(12-26)13-27-24/h6-9,11,13-14,16,18,23H,4-5,10,15H2,1-3H3,(H,27,28). The Morgan fingerprint density at radius 3 is 2.81 bits per heavy atom. The first-order valence-corrected chi connectivity index (χ1v) is 11.0. The summed E-state index contributed by atoms with van der Waals surface area (Å²) in [4.78, 5) is 20.1. The maximum absolute atomic E-state index is 13.8. The third-order valence-electron chi connectivity index (χ3n) is 6.18. The summed E-state index contributed by atoms with van der Waals surface area (Å²) in [5.74, 6) is 1.13. The fraction of sp³-hybridized carbons (Fsp3) is 0.360. The van der Waals surface area contributed by atoms with Gasteiger partial charge in [-0.1, -0.05) is 24.6 Å². The summed E-state index contributed by atoms with van der Waals surface area (Å²) in [6.07, 6.45) is 7.38. The highest BCUT2D eigenvalue weighted by Gasteiger charge is 2.33. The topological polar surface area (TPSA) is 86.8 Å². The van der Waals surface area contributed by atoms with E-state index < -0.39 is 0 Å². The zero-order chi connectivity index (χ0) is 22.7. The van der Waals surface area contributed by atoms with E-state index in [-0.39, 0.29) is 11.9 Å². The molecule has 1 aromatic carbocycles. The molecule has 2 atom stereocenters. The van der Waals surface area contributed by atoms with Crippen molar-refractivity contribution in [3.63, 3.8) is 0 Å². The van der Waals surface area contributed by atoms with Crippen LogP contribution in [0.2, 0.25) is 0 Å². The molecule has 0 spiro atoms. The first-order valence-electron chi connectivity index (χ1n) is 11.0. The van der Waals surface area contributed by atoms with Crippen molar-refractivity contribution in [1.29, 1.82) is 5.26 Å². The number of nitriles is 1. The molecule has 1 aliphatic rings. The van der Waals surface area contributed by atoms with E-state index in [0.717, 1.165) is 36.1 Å². The zero-order valence-electron chi connectivity index (χ0n) is 18.7. The van der Waals surface area contributed by atoms with Gasteiger partial charge in [0.25, 0.3) is 5.91 Å². The lowest BCUT2D eigenvalue weighted by atomic mass is 9.89. The molecule has 3 heterocycles. The molecular weight excluding hydrogens is 400 g/mol. The Morgan fingerprint density at radius 1 is 1.28 bits per heavy atom. The molecule has 7 heteroatoms. The van der Waals surface area contributed by atoms with E-state index in [1.807, 2.05) is 43.3 Å². The number of hydrogen-bond donors (Lipinski definition) is 1. The number of aromatic nitrogens is 3. The maximum Gasteiger partial charge on any atom is 0.254 e. The summed E-state index contributed by atoms with van der Waals surface area (Å²) in [5, 5.41) is 16.6. The number of pyridine rings is 1. The van der Waals surface area contributed by atoms with E-state index in [2.05, 4.69) is 28.4 Å². The monoisotopic (exact) mass is 428 g/mol. The normalized spacial score (nSPS) is 18.2. The molecule has 1 N–H and O–H groups in total. The number of aryl methyl sites for hydroxylation is 2. The number of rotatable bonds is 5. The molecule has 0 radical (unpaired) electrons. The summed E-state index contributed by atoms with van der Waals surface area (Å²) in [7, 11) is 1.88. The van der Waals surface area contributed by atoms with Gasteiger partial charge < -0.3 is 10.2 Å². The number of nitrogens with one attached hydrogen (secondary N) is 1. The van der Waals surface area contributed by atoms with Crippen LogP contribution in [0.1, 0.15) is 41.3 Å². The fourth-order valence-electron chi connectivity index (χ4n) is 4.39. The predicted octanol–water partition coefficient (Wildman–Crippen LogP) is 4.02. The Hall–Kier alpha value is -3.66. The van der Waals surface area contributed by atoms with Gasteiger partial charge in [0.1, 0.15) is 11.9 Å². The van der Waals surface area contributed by atoms with E-state index in [1.165, 1.54) is 0 Å². The van der Waals surface area contributed by atoms with Gasteiger partial charge in [-0.25, -0.2) is 4.98 Å². The summed E-state index contributed by atoms with van der Waals surface area (Å²) >= 11 is 0. The number of hydrogen-bond acceptors (Lipinski definition) is 5. The van der Waals surface area contributed by atoms with Gasteiger partial charge in [0.15, 0.2) is 0 Å². The Morgan fingerprint density at radius 2 is 2.12 bits per heavy atom. The van der Waals surface area contributed by atoms with Gasteiger partial charge in [-0.2, -0.15) is 10.4 Å². The van der Waals surface area contributed by atoms with E-state index in [1.54, 1.807) is 29.2 Å². The summed E-state index contributed by atoms with van der Waals surface area (Å²) in [6.45, 7) is 5.56. The number of amides is 1. The second-order valence-corrected chi connectivity index (χ2v) is 8.56. The minimum Gasteiger partial charge on any atom is -0.368 e. The average molecular weight is 429 g/mol. The molecule has 0 bridgehead atoms. The van der Waals surface area contributed by atoms with Crippen LogP contribution in [0.25, 0.3) is 11.1 Å². The van der Waals surface area contributed by atoms with E-state index in [0.29, 0.717) is 29.4 Å². The van der Waals surface area contributed by atoms with Crippen LogP contribution in [0, 0.1) is 24.2 Å². The highest BCUT2D eigenvalue weighted by Crippen LogP contribution is 2.30. The zero-order valence-corrected chi connectivity index (χ0v) is 18.7. The first-order chi connectivity index (χ1) is 15.5. The van der Waals surface area contributed by atoms with Gasteiger partial charge in [0.05, 0.1) is 17.8 Å². The molecule has 7 nitrogen and oxygen atoms in total. The number of likely N-dealkylation sites (tertiary alicyclic amines) is 1. The molecule has 4 rings (SSSR count). The summed E-state index contributed by atoms with van der Waals surface area (Å²) < 4.78 is 1.75. The van der Waals surface area contributed by atoms with Crippen molar-refractivity contribution < 1.29 is 4.79 Å². The Balaban J connectivity index is 1.60. The molecule has 32 heavy (non-hydrogen) atoms. The third-order valence-corrected chi connectivity index (χ3v) is 6.18. The molecule has 0 saturated carbocycles. The minimum absolute atomic E-state index is 0.0518. The van der Waals surface area contributed by atoms with Crippen molar-refractivity contribution in [3.05, 3.63) is 65.6 Å². The first kappa shape index (κ1) is 21.6. The SMILES string of the molecule is Cc1ccc(-c2cnn(C)c2)c(C(=O)N2CCCC(C)C2CNc2ccc(C#N)cn2)c1. The number of carbonyl (C=O) groups excluding carboxylic acids is 1. The Labute approximate surface area is 188 Å². The molecule has 1 saturated heterocycles. The smallest absolute Gasteiger partial charge is 0.254 e. The van der Waals surface area contributed by atoms with Crippen molar-refractivity contribution in [2.45, 2.75) is 32.7 Å².